The summed E-state index contributed by atoms with van der Waals surface area (Å²) in [5, 5.41) is 3.31. The van der Waals surface area contributed by atoms with Crippen molar-refractivity contribution in [3.63, 3.8) is 0 Å². The van der Waals surface area contributed by atoms with Crippen LogP contribution >= 0.6 is 0 Å². The van der Waals surface area contributed by atoms with Gasteiger partial charge in [0.25, 0.3) is 0 Å². The highest BCUT2D eigenvalue weighted by atomic mass is 19.1. The topological polar surface area (TPSA) is 32.3 Å². The number of carbonyl (C=O) groups is 1. The molecule has 14 heavy (non-hydrogen) atoms. The zero-order valence-electron chi connectivity index (χ0n) is 8.08. The van der Waals surface area contributed by atoms with Crippen LogP contribution in [0.4, 0.5) is 4.39 Å². The summed E-state index contributed by atoms with van der Waals surface area (Å²) in [7, 11) is 0. The van der Waals surface area contributed by atoms with Gasteiger partial charge in [-0.1, -0.05) is 0 Å². The highest BCUT2D eigenvalue weighted by molar-refractivity contribution is 5.82. The fourth-order valence-electron chi connectivity index (χ4n) is 2.71. The first kappa shape index (κ1) is 8.65. The van der Waals surface area contributed by atoms with Crippen LogP contribution in [0.1, 0.15) is 12.8 Å². The fraction of sp³-hybridized carbons (Fsp3) is 0.900. The van der Waals surface area contributed by atoms with Gasteiger partial charge in [0.15, 0.2) is 0 Å². The predicted molar refractivity (Wildman–Crippen MR) is 49.5 cm³/mol. The molecule has 2 bridgehead atoms. The highest BCUT2D eigenvalue weighted by Gasteiger charge is 2.49. The molecule has 0 aromatic heterocycles. The predicted octanol–water partition coefficient (Wildman–Crippen LogP) is 0.165. The maximum atomic E-state index is 12.8. The van der Waals surface area contributed by atoms with Crippen LogP contribution in [0.5, 0.6) is 0 Å². The lowest BCUT2D eigenvalue weighted by atomic mass is 10.0. The smallest absolute Gasteiger partial charge is 0.229 e. The van der Waals surface area contributed by atoms with Crippen LogP contribution in [0.15, 0.2) is 0 Å². The molecule has 0 unspecified atom stereocenters. The van der Waals surface area contributed by atoms with E-state index in [-0.39, 0.29) is 11.8 Å². The summed E-state index contributed by atoms with van der Waals surface area (Å²) in [5.41, 5.74) is 0. The summed E-state index contributed by atoms with van der Waals surface area (Å²) in [6.07, 6.45) is 0.721. The van der Waals surface area contributed by atoms with Gasteiger partial charge in [-0.3, -0.25) is 4.79 Å². The van der Waals surface area contributed by atoms with E-state index in [2.05, 4.69) is 5.32 Å². The third-order valence-electron chi connectivity index (χ3n) is 3.63. The van der Waals surface area contributed by atoms with Crippen LogP contribution < -0.4 is 5.32 Å². The van der Waals surface area contributed by atoms with Crippen molar-refractivity contribution >= 4 is 5.91 Å². The number of amides is 1. The molecular weight excluding hydrogens is 183 g/mol. The summed E-state index contributed by atoms with van der Waals surface area (Å²) in [4.78, 5) is 13.7. The van der Waals surface area contributed by atoms with Gasteiger partial charge in [-0.2, -0.15) is 0 Å². The second kappa shape index (κ2) is 2.92. The molecule has 4 heteroatoms. The number of fused-ring (bicyclic) bond motifs is 2. The summed E-state index contributed by atoms with van der Waals surface area (Å²) < 4.78 is 12.8. The molecule has 0 spiro atoms. The molecule has 3 fully saturated rings. The highest BCUT2D eigenvalue weighted by Crippen LogP contribution is 2.38. The van der Waals surface area contributed by atoms with Crippen LogP contribution in [-0.4, -0.2) is 42.7 Å². The minimum absolute atomic E-state index is 0.0636. The van der Waals surface area contributed by atoms with Crippen LogP contribution in [0.25, 0.3) is 0 Å². The maximum absolute atomic E-state index is 12.8. The number of carbonyl (C=O) groups excluding carboxylic acids is 1. The normalized spacial score (nSPS) is 45.4. The van der Waals surface area contributed by atoms with E-state index in [0.717, 1.165) is 26.1 Å². The van der Waals surface area contributed by atoms with Crippen LogP contribution in [0.3, 0.4) is 0 Å². The molecular formula is C10H15FN2O. The van der Waals surface area contributed by atoms with Gasteiger partial charge in [-0.15, -0.1) is 0 Å². The molecule has 3 rings (SSSR count). The second-order valence-electron chi connectivity index (χ2n) is 4.76. The van der Waals surface area contributed by atoms with E-state index in [1.54, 1.807) is 0 Å². The quantitative estimate of drug-likeness (QED) is 0.651. The van der Waals surface area contributed by atoms with Crippen molar-refractivity contribution in [3.8, 4) is 0 Å². The molecule has 1 N–H and O–H groups in total. The van der Waals surface area contributed by atoms with Crippen molar-refractivity contribution in [3.05, 3.63) is 0 Å². The Kier molecular flexibility index (Phi) is 1.81. The van der Waals surface area contributed by atoms with E-state index in [9.17, 15) is 9.18 Å². The third-order valence-corrected chi connectivity index (χ3v) is 3.63. The Balaban J connectivity index is 1.70. The van der Waals surface area contributed by atoms with Crippen molar-refractivity contribution in [1.82, 2.24) is 10.2 Å². The maximum Gasteiger partial charge on any atom is 0.229 e. The summed E-state index contributed by atoms with van der Waals surface area (Å²) in [5.74, 6) is 0.373. The van der Waals surface area contributed by atoms with Crippen LogP contribution in [0.2, 0.25) is 0 Å². The summed E-state index contributed by atoms with van der Waals surface area (Å²) in [6.45, 7) is 2.76. The lowest BCUT2D eigenvalue weighted by Gasteiger charge is -2.24. The summed E-state index contributed by atoms with van der Waals surface area (Å²) in [6, 6.07) is 0.342. The molecule has 78 valence electrons. The molecule has 0 aromatic rings. The van der Waals surface area contributed by atoms with E-state index >= 15 is 0 Å². The number of rotatable bonds is 1. The molecule has 3 nitrogen and oxygen atoms in total. The molecule has 3 aliphatic rings. The Bertz CT molecular complexity index is 271. The molecule has 2 saturated heterocycles. The van der Waals surface area contributed by atoms with Crippen molar-refractivity contribution in [2.75, 3.05) is 19.6 Å². The zero-order chi connectivity index (χ0) is 9.71. The first-order valence-corrected chi connectivity index (χ1v) is 5.41. The Morgan fingerprint density at radius 2 is 2.14 bits per heavy atom. The molecule has 1 amide bonds. The van der Waals surface area contributed by atoms with Crippen molar-refractivity contribution in [1.29, 1.82) is 0 Å². The number of nitrogens with one attached hydrogen (secondary N) is 1. The van der Waals surface area contributed by atoms with Crippen molar-refractivity contribution in [2.24, 2.45) is 11.8 Å². The van der Waals surface area contributed by atoms with Gasteiger partial charge in [0.2, 0.25) is 5.91 Å². The van der Waals surface area contributed by atoms with E-state index in [4.69, 9.17) is 0 Å². The first-order chi connectivity index (χ1) is 6.75. The molecule has 2 aliphatic heterocycles. The lowest BCUT2D eigenvalue weighted by Crippen LogP contribution is -2.42. The van der Waals surface area contributed by atoms with E-state index in [1.165, 1.54) is 0 Å². The average molecular weight is 198 g/mol. The van der Waals surface area contributed by atoms with E-state index in [0.29, 0.717) is 18.4 Å². The van der Waals surface area contributed by atoms with E-state index < -0.39 is 6.17 Å². The minimum atomic E-state index is -0.851. The second-order valence-corrected chi connectivity index (χ2v) is 4.76. The molecule has 0 radical (unpaired) electrons. The van der Waals surface area contributed by atoms with Gasteiger partial charge in [0.05, 0.1) is 5.92 Å². The number of piperidine rings is 1. The van der Waals surface area contributed by atoms with Gasteiger partial charge in [-0.05, 0) is 25.3 Å². The van der Waals surface area contributed by atoms with Gasteiger partial charge >= 0.3 is 0 Å². The average Bonchev–Trinajstić information content (AvgIpc) is 2.84. The van der Waals surface area contributed by atoms with Crippen molar-refractivity contribution in [2.45, 2.75) is 25.1 Å². The number of halogens is 1. The Labute approximate surface area is 82.6 Å². The SMILES string of the molecule is O=C([C@@H]1C[C@H]1F)N1C[C@@H]2CNC[C@H]1C2. The largest absolute Gasteiger partial charge is 0.338 e. The van der Waals surface area contributed by atoms with E-state index in [1.807, 2.05) is 4.90 Å². The molecule has 2 heterocycles. The minimum Gasteiger partial charge on any atom is -0.338 e. The number of likely N-dealkylation sites (tertiary alicyclic amines) is 1. The molecule has 0 aromatic carbocycles. The first-order valence-electron chi connectivity index (χ1n) is 5.41. The van der Waals surface area contributed by atoms with Crippen LogP contribution in [-0.2, 0) is 4.79 Å². The van der Waals surface area contributed by atoms with Gasteiger partial charge in [0, 0.05) is 19.1 Å². The van der Waals surface area contributed by atoms with Gasteiger partial charge < -0.3 is 10.2 Å². The van der Waals surface area contributed by atoms with Gasteiger partial charge in [-0.25, -0.2) is 4.39 Å². The molecule has 1 saturated carbocycles. The van der Waals surface area contributed by atoms with Crippen molar-refractivity contribution < 1.29 is 9.18 Å². The Hall–Kier alpha value is -0.640. The lowest BCUT2D eigenvalue weighted by molar-refractivity contribution is -0.133. The Morgan fingerprint density at radius 3 is 2.79 bits per heavy atom. The summed E-state index contributed by atoms with van der Waals surface area (Å²) >= 11 is 0. The van der Waals surface area contributed by atoms with Crippen LogP contribution in [0, 0.1) is 11.8 Å². The number of hydrogen-bond donors (Lipinski definition) is 1. The Morgan fingerprint density at radius 1 is 1.36 bits per heavy atom. The zero-order valence-corrected chi connectivity index (χ0v) is 8.08. The number of nitrogens with zero attached hydrogens (tertiary/aromatic N) is 1. The third kappa shape index (κ3) is 1.24. The monoisotopic (exact) mass is 198 g/mol. The number of alkyl halides is 1. The fourth-order valence-corrected chi connectivity index (χ4v) is 2.71. The molecule has 1 aliphatic carbocycles. The number of hydrogen-bond acceptors (Lipinski definition) is 2. The standard InChI is InChI=1S/C10H15FN2O/c11-9-2-8(9)10(14)13-5-6-1-7(13)4-12-3-6/h6-9,12H,1-5H2/t6-,7+,8+,9+/m0/s1. The molecule has 4 atom stereocenters. The van der Waals surface area contributed by atoms with Gasteiger partial charge in [0.1, 0.15) is 6.17 Å².